The first kappa shape index (κ1) is 6.39. The van der Waals surface area contributed by atoms with Gasteiger partial charge in [-0.2, -0.15) is 4.37 Å². The molecule has 0 saturated carbocycles. The predicted octanol–water partition coefficient (Wildman–Crippen LogP) is 0.368. The number of aromatic nitrogens is 1. The van der Waals surface area contributed by atoms with Crippen molar-refractivity contribution >= 4 is 11.5 Å². The summed E-state index contributed by atoms with van der Waals surface area (Å²) in [5, 5.41) is 10.1. The van der Waals surface area contributed by atoms with Crippen LogP contribution < -0.4 is 6.15 Å². The molecule has 0 aromatic carbocycles. The Hall–Kier alpha value is -0.610. The van der Waals surface area contributed by atoms with Gasteiger partial charge in [-0.1, -0.05) is 0 Å². The summed E-state index contributed by atoms with van der Waals surface area (Å²) in [6, 6.07) is 1.55. The molecule has 1 heterocycles. The van der Waals surface area contributed by atoms with E-state index < -0.39 is 0 Å². The lowest BCUT2D eigenvalue weighted by Crippen LogP contribution is -1.49. The van der Waals surface area contributed by atoms with Crippen molar-refractivity contribution in [3.8, 4) is 5.88 Å². The summed E-state index contributed by atoms with van der Waals surface area (Å²) in [4.78, 5) is 0. The van der Waals surface area contributed by atoms with Crippen molar-refractivity contribution < 1.29 is 5.11 Å². The van der Waals surface area contributed by atoms with Crippen LogP contribution in [0.5, 0.6) is 5.88 Å². The average molecular weight is 115 g/mol. The van der Waals surface area contributed by atoms with Crippen LogP contribution in [0.15, 0.2) is 11.4 Å². The van der Waals surface area contributed by atoms with Crippen LogP contribution in [0.2, 0.25) is 0 Å². The molecule has 3 radical (unpaired) electrons. The van der Waals surface area contributed by atoms with Crippen molar-refractivity contribution in [1.82, 2.24) is 10.5 Å². The normalized spacial score (nSPS) is 7.43. The van der Waals surface area contributed by atoms with Crippen molar-refractivity contribution in [2.75, 3.05) is 0 Å². The lowest BCUT2D eigenvalue weighted by molar-refractivity contribution is 0.460. The van der Waals surface area contributed by atoms with Crippen LogP contribution >= 0.6 is 11.5 Å². The summed E-state index contributed by atoms with van der Waals surface area (Å²) in [6.07, 6.45) is 0. The molecule has 0 bridgehead atoms. The fourth-order valence-electron chi connectivity index (χ4n) is 0.206. The molecule has 37 valence electrons. The zero-order valence-electron chi connectivity index (χ0n) is 3.40. The molecular weight excluding hydrogens is 112 g/mol. The minimum Gasteiger partial charge on any atom is -0.493 e. The fourth-order valence-corrected chi connectivity index (χ4v) is 0.618. The van der Waals surface area contributed by atoms with Crippen LogP contribution in [0.4, 0.5) is 0 Å². The van der Waals surface area contributed by atoms with E-state index in [1.807, 2.05) is 0 Å². The van der Waals surface area contributed by atoms with Crippen molar-refractivity contribution in [3.05, 3.63) is 11.4 Å². The van der Waals surface area contributed by atoms with Crippen LogP contribution in [-0.2, 0) is 0 Å². The Bertz CT molecular complexity index is 116. The topological polar surface area (TPSA) is 63.6 Å². The quantitative estimate of drug-likeness (QED) is 0.530. The maximum atomic E-state index is 8.37. The first-order chi connectivity index (χ1) is 2.89. The van der Waals surface area contributed by atoms with E-state index in [0.717, 1.165) is 0 Å². The molecular formula is C3H3N2OS. The molecule has 1 rings (SSSR count). The maximum Gasteiger partial charge on any atom is 0.222 e. The summed E-state index contributed by atoms with van der Waals surface area (Å²) in [7, 11) is 0. The van der Waals surface area contributed by atoms with E-state index in [1.54, 1.807) is 11.4 Å². The zero-order valence-corrected chi connectivity index (χ0v) is 4.22. The zero-order chi connectivity index (χ0) is 4.41. The third-order valence-corrected chi connectivity index (χ3v) is 0.974. The van der Waals surface area contributed by atoms with E-state index in [9.17, 15) is 0 Å². The largest absolute Gasteiger partial charge is 0.493 e. The van der Waals surface area contributed by atoms with E-state index >= 15 is 0 Å². The Morgan fingerprint density at radius 3 is 2.57 bits per heavy atom. The smallest absolute Gasteiger partial charge is 0.222 e. The molecule has 0 aliphatic carbocycles. The van der Waals surface area contributed by atoms with Gasteiger partial charge in [-0.15, -0.1) is 0 Å². The monoisotopic (exact) mass is 115 g/mol. The standard InChI is InChI=1S/C3H3NOS.N/c5-3-1-2-6-4-3;/h1-2H,(H,4,5);. The van der Waals surface area contributed by atoms with Gasteiger partial charge in [0.2, 0.25) is 5.88 Å². The molecule has 0 unspecified atom stereocenters. The molecule has 0 atom stereocenters. The number of aromatic hydroxyl groups is 1. The fraction of sp³-hybridized carbons (Fsp3) is 0. The van der Waals surface area contributed by atoms with E-state index in [0.29, 0.717) is 0 Å². The van der Waals surface area contributed by atoms with Crippen LogP contribution in [0.1, 0.15) is 0 Å². The van der Waals surface area contributed by atoms with E-state index in [1.165, 1.54) is 11.5 Å². The summed E-state index contributed by atoms with van der Waals surface area (Å²) in [5.41, 5.74) is 0. The lowest BCUT2D eigenvalue weighted by atomic mass is 10.7. The van der Waals surface area contributed by atoms with Crippen LogP contribution in [0.3, 0.4) is 0 Å². The third-order valence-electron chi connectivity index (χ3n) is 0.424. The molecule has 1 aromatic rings. The Morgan fingerprint density at radius 1 is 1.71 bits per heavy atom. The molecule has 0 aliphatic heterocycles. The minimum absolute atomic E-state index is 0. The Labute approximate surface area is 45.4 Å². The molecule has 0 fully saturated rings. The van der Waals surface area contributed by atoms with Gasteiger partial charge in [0, 0.05) is 17.6 Å². The van der Waals surface area contributed by atoms with Gasteiger partial charge in [-0.25, -0.2) is 0 Å². The third kappa shape index (κ3) is 1.52. The highest BCUT2D eigenvalue weighted by Crippen LogP contribution is 2.03. The number of hydrogen-bond donors (Lipinski definition) is 1. The summed E-state index contributed by atoms with van der Waals surface area (Å²) in [5.74, 6) is 0.111. The first-order valence-electron chi connectivity index (χ1n) is 1.49. The molecule has 3 nitrogen and oxygen atoms in total. The minimum atomic E-state index is 0. The molecule has 0 amide bonds. The Balaban J connectivity index is 0.000000360. The van der Waals surface area contributed by atoms with E-state index in [2.05, 4.69) is 4.37 Å². The maximum absolute atomic E-state index is 8.37. The average Bonchev–Trinajstić information content (AvgIpc) is 1.86. The number of rotatable bonds is 0. The van der Waals surface area contributed by atoms with Gasteiger partial charge < -0.3 is 5.11 Å². The Morgan fingerprint density at radius 2 is 2.43 bits per heavy atom. The van der Waals surface area contributed by atoms with Gasteiger partial charge in [0.25, 0.3) is 0 Å². The van der Waals surface area contributed by atoms with Gasteiger partial charge in [-0.05, 0) is 11.5 Å². The van der Waals surface area contributed by atoms with Crippen molar-refractivity contribution in [3.63, 3.8) is 0 Å². The van der Waals surface area contributed by atoms with Crippen LogP contribution in [0, 0.1) is 0 Å². The van der Waals surface area contributed by atoms with Crippen molar-refractivity contribution in [2.45, 2.75) is 0 Å². The van der Waals surface area contributed by atoms with Gasteiger partial charge in [0.15, 0.2) is 0 Å². The number of hydrogen-bond acceptors (Lipinski definition) is 3. The highest BCUT2D eigenvalue weighted by Gasteiger charge is 1.79. The van der Waals surface area contributed by atoms with E-state index in [-0.39, 0.29) is 12.0 Å². The highest BCUT2D eigenvalue weighted by atomic mass is 32.1. The second kappa shape index (κ2) is 2.54. The van der Waals surface area contributed by atoms with Crippen LogP contribution in [-0.4, -0.2) is 9.48 Å². The molecule has 1 N–H and O–H groups in total. The second-order valence-electron chi connectivity index (χ2n) is 0.858. The molecule has 0 saturated heterocycles. The van der Waals surface area contributed by atoms with E-state index in [4.69, 9.17) is 5.11 Å². The van der Waals surface area contributed by atoms with Crippen LogP contribution in [0.25, 0.3) is 0 Å². The van der Waals surface area contributed by atoms with Crippen molar-refractivity contribution in [2.24, 2.45) is 0 Å². The van der Waals surface area contributed by atoms with Gasteiger partial charge in [0.05, 0.1) is 0 Å². The van der Waals surface area contributed by atoms with Gasteiger partial charge in [-0.3, -0.25) is 0 Å². The molecule has 7 heavy (non-hydrogen) atoms. The predicted molar refractivity (Wildman–Crippen MR) is 25.9 cm³/mol. The summed E-state index contributed by atoms with van der Waals surface area (Å²) >= 11 is 1.24. The molecule has 4 heteroatoms. The lowest BCUT2D eigenvalue weighted by Gasteiger charge is -1.66. The summed E-state index contributed by atoms with van der Waals surface area (Å²) < 4.78 is 3.51. The molecule has 1 aromatic heterocycles. The van der Waals surface area contributed by atoms with Crippen molar-refractivity contribution in [1.29, 1.82) is 0 Å². The number of nitrogens with zero attached hydrogens (tertiary/aromatic N) is 2. The second-order valence-corrected chi connectivity index (χ2v) is 1.52. The highest BCUT2D eigenvalue weighted by molar-refractivity contribution is 7.03. The van der Waals surface area contributed by atoms with Gasteiger partial charge >= 0.3 is 0 Å². The Kier molecular flexibility index (Phi) is 2.32. The first-order valence-corrected chi connectivity index (χ1v) is 2.32. The summed E-state index contributed by atoms with van der Waals surface area (Å²) in [6.45, 7) is 0. The molecule has 0 spiro atoms. The van der Waals surface area contributed by atoms with Gasteiger partial charge in [0.1, 0.15) is 0 Å². The SMILES string of the molecule is Oc1ccsn1.[N]. The molecule has 0 aliphatic rings.